The van der Waals surface area contributed by atoms with Gasteiger partial charge in [-0.2, -0.15) is 0 Å². The molecule has 0 aliphatic carbocycles. The van der Waals surface area contributed by atoms with Crippen LogP contribution in [0.4, 0.5) is 11.4 Å². The van der Waals surface area contributed by atoms with E-state index in [0.29, 0.717) is 11.4 Å². The lowest BCUT2D eigenvalue weighted by atomic mass is 10.1. The number of rotatable bonds is 5. The lowest BCUT2D eigenvalue weighted by molar-refractivity contribution is -0.119. The molecule has 130 valence electrons. The Morgan fingerprint density at radius 3 is 2.20 bits per heavy atom. The van der Waals surface area contributed by atoms with Gasteiger partial charge in [0.05, 0.1) is 0 Å². The first-order valence-electron chi connectivity index (χ1n) is 7.49. The van der Waals surface area contributed by atoms with E-state index < -0.39 is 18.5 Å². The number of hydrogen-bond donors (Lipinski definition) is 3. The number of amides is 2. The number of phenolic OH excluding ortho intramolecular Hbond substituents is 1. The standard InChI is InChI=1S/C18H18N2O5/c1-11-3-8-16(22)15(9-11)18(24)25-10-17(23)20-14-6-4-13(5-7-14)19-12(2)21/h3-9,22H,10H2,1-2H3,(H,19,21)(H,20,23). The van der Waals surface area contributed by atoms with Gasteiger partial charge in [0.1, 0.15) is 11.3 Å². The summed E-state index contributed by atoms with van der Waals surface area (Å²) in [5.41, 5.74) is 1.89. The minimum atomic E-state index is -0.780. The number of ether oxygens (including phenoxy) is 1. The number of carbonyl (C=O) groups excluding carboxylic acids is 3. The maximum atomic E-state index is 11.9. The smallest absolute Gasteiger partial charge is 0.342 e. The van der Waals surface area contributed by atoms with Gasteiger partial charge in [0.15, 0.2) is 6.61 Å². The van der Waals surface area contributed by atoms with E-state index in [0.717, 1.165) is 5.56 Å². The third-order valence-corrected chi connectivity index (χ3v) is 3.20. The topological polar surface area (TPSA) is 105 Å². The van der Waals surface area contributed by atoms with Crippen molar-refractivity contribution < 1.29 is 24.2 Å². The zero-order valence-corrected chi connectivity index (χ0v) is 13.8. The number of esters is 1. The molecule has 2 aromatic rings. The van der Waals surface area contributed by atoms with Crippen molar-refractivity contribution in [3.63, 3.8) is 0 Å². The fraction of sp³-hybridized carbons (Fsp3) is 0.167. The van der Waals surface area contributed by atoms with Crippen LogP contribution in [0.3, 0.4) is 0 Å². The Bertz CT molecular complexity index is 800. The minimum absolute atomic E-state index is 0.00691. The minimum Gasteiger partial charge on any atom is -0.507 e. The van der Waals surface area contributed by atoms with Crippen LogP contribution in [-0.2, 0) is 14.3 Å². The zero-order chi connectivity index (χ0) is 18.4. The molecule has 0 aliphatic rings. The predicted octanol–water partition coefficient (Wildman–Crippen LogP) is 2.45. The molecule has 3 N–H and O–H groups in total. The van der Waals surface area contributed by atoms with Crippen molar-refractivity contribution >= 4 is 29.2 Å². The van der Waals surface area contributed by atoms with E-state index in [1.807, 2.05) is 0 Å². The molecule has 25 heavy (non-hydrogen) atoms. The van der Waals surface area contributed by atoms with Crippen LogP contribution in [0, 0.1) is 6.92 Å². The Labute approximate surface area is 144 Å². The molecule has 0 saturated heterocycles. The number of phenols is 1. The second-order valence-corrected chi connectivity index (χ2v) is 5.40. The number of hydrogen-bond acceptors (Lipinski definition) is 5. The van der Waals surface area contributed by atoms with Crippen LogP contribution in [-0.4, -0.2) is 29.5 Å². The van der Waals surface area contributed by atoms with Gasteiger partial charge in [0.2, 0.25) is 5.91 Å². The number of benzene rings is 2. The predicted molar refractivity (Wildman–Crippen MR) is 92.5 cm³/mol. The SMILES string of the molecule is CC(=O)Nc1ccc(NC(=O)COC(=O)c2cc(C)ccc2O)cc1. The van der Waals surface area contributed by atoms with Gasteiger partial charge in [-0.3, -0.25) is 9.59 Å². The van der Waals surface area contributed by atoms with Gasteiger partial charge in [-0.05, 0) is 43.3 Å². The second kappa shape index (κ2) is 7.96. The van der Waals surface area contributed by atoms with E-state index in [-0.39, 0.29) is 17.2 Å². The van der Waals surface area contributed by atoms with Crippen LogP contribution in [0.25, 0.3) is 0 Å². The third kappa shape index (κ3) is 5.35. The molecule has 0 radical (unpaired) electrons. The summed E-state index contributed by atoms with van der Waals surface area (Å²) in [6, 6.07) is 11.0. The largest absolute Gasteiger partial charge is 0.507 e. The molecular weight excluding hydrogens is 324 g/mol. The normalized spacial score (nSPS) is 10.0. The Kier molecular flexibility index (Phi) is 5.73. The summed E-state index contributed by atoms with van der Waals surface area (Å²) in [5.74, 6) is -1.70. The van der Waals surface area contributed by atoms with Crippen molar-refractivity contribution in [1.29, 1.82) is 0 Å². The number of aryl methyl sites for hydroxylation is 1. The van der Waals surface area contributed by atoms with Crippen molar-refractivity contribution in [3.05, 3.63) is 53.6 Å². The van der Waals surface area contributed by atoms with Crippen LogP contribution in [0.5, 0.6) is 5.75 Å². The fourth-order valence-corrected chi connectivity index (χ4v) is 2.06. The number of carbonyl (C=O) groups is 3. The first kappa shape index (κ1) is 18.0. The quantitative estimate of drug-likeness (QED) is 0.724. The molecule has 0 spiro atoms. The molecule has 0 fully saturated rings. The average Bonchev–Trinajstić information content (AvgIpc) is 2.56. The van der Waals surface area contributed by atoms with Gasteiger partial charge in [0, 0.05) is 18.3 Å². The van der Waals surface area contributed by atoms with Crippen molar-refractivity contribution in [1.82, 2.24) is 0 Å². The molecule has 0 heterocycles. The first-order valence-corrected chi connectivity index (χ1v) is 7.49. The summed E-state index contributed by atoms with van der Waals surface area (Å²) >= 11 is 0. The van der Waals surface area contributed by atoms with Gasteiger partial charge in [-0.25, -0.2) is 4.79 Å². The van der Waals surface area contributed by atoms with Gasteiger partial charge in [0.25, 0.3) is 5.91 Å². The van der Waals surface area contributed by atoms with Gasteiger partial charge in [-0.1, -0.05) is 11.6 Å². The highest BCUT2D eigenvalue weighted by Gasteiger charge is 2.14. The number of aromatic hydroxyl groups is 1. The van der Waals surface area contributed by atoms with Gasteiger partial charge in [-0.15, -0.1) is 0 Å². The summed E-state index contributed by atoms with van der Waals surface area (Å²) in [4.78, 5) is 34.7. The van der Waals surface area contributed by atoms with Gasteiger partial charge < -0.3 is 20.5 Å². The van der Waals surface area contributed by atoms with Crippen LogP contribution in [0.2, 0.25) is 0 Å². The average molecular weight is 342 g/mol. The molecule has 2 amide bonds. The molecule has 0 bridgehead atoms. The van der Waals surface area contributed by atoms with E-state index in [1.54, 1.807) is 37.3 Å². The molecule has 2 rings (SSSR count). The highest BCUT2D eigenvalue weighted by Crippen LogP contribution is 2.19. The van der Waals surface area contributed by atoms with Crippen molar-refractivity contribution in [2.75, 3.05) is 17.2 Å². The van der Waals surface area contributed by atoms with E-state index in [1.165, 1.54) is 19.1 Å². The Balaban J connectivity index is 1.89. The molecule has 0 atom stereocenters. The van der Waals surface area contributed by atoms with Gasteiger partial charge >= 0.3 is 5.97 Å². The second-order valence-electron chi connectivity index (χ2n) is 5.40. The van der Waals surface area contributed by atoms with Crippen LogP contribution >= 0.6 is 0 Å². The van der Waals surface area contributed by atoms with Crippen molar-refractivity contribution in [2.45, 2.75) is 13.8 Å². The fourth-order valence-electron chi connectivity index (χ4n) is 2.06. The lowest BCUT2D eigenvalue weighted by Gasteiger charge is -2.09. The van der Waals surface area contributed by atoms with E-state index in [4.69, 9.17) is 4.74 Å². The van der Waals surface area contributed by atoms with E-state index >= 15 is 0 Å². The first-order chi connectivity index (χ1) is 11.8. The number of nitrogens with one attached hydrogen (secondary N) is 2. The van der Waals surface area contributed by atoms with E-state index in [9.17, 15) is 19.5 Å². The highest BCUT2D eigenvalue weighted by molar-refractivity contribution is 5.97. The molecule has 0 saturated carbocycles. The summed E-state index contributed by atoms with van der Waals surface area (Å²) in [5, 5.41) is 14.8. The lowest BCUT2D eigenvalue weighted by Crippen LogP contribution is -2.21. The number of anilines is 2. The molecule has 7 nitrogen and oxygen atoms in total. The van der Waals surface area contributed by atoms with Crippen LogP contribution in [0.1, 0.15) is 22.8 Å². The monoisotopic (exact) mass is 342 g/mol. The summed E-state index contributed by atoms with van der Waals surface area (Å²) in [6.45, 7) is 2.68. The summed E-state index contributed by atoms with van der Waals surface area (Å²) < 4.78 is 4.91. The molecular formula is C18H18N2O5. The van der Waals surface area contributed by atoms with Crippen LogP contribution in [0.15, 0.2) is 42.5 Å². The maximum absolute atomic E-state index is 11.9. The Morgan fingerprint density at radius 2 is 1.60 bits per heavy atom. The third-order valence-electron chi connectivity index (χ3n) is 3.20. The van der Waals surface area contributed by atoms with Crippen molar-refractivity contribution in [2.24, 2.45) is 0 Å². The molecule has 0 aliphatic heterocycles. The maximum Gasteiger partial charge on any atom is 0.342 e. The molecule has 0 aromatic heterocycles. The Morgan fingerprint density at radius 1 is 1.00 bits per heavy atom. The van der Waals surface area contributed by atoms with E-state index in [2.05, 4.69) is 10.6 Å². The summed E-state index contributed by atoms with van der Waals surface area (Å²) in [7, 11) is 0. The highest BCUT2D eigenvalue weighted by atomic mass is 16.5. The molecule has 7 heteroatoms. The van der Waals surface area contributed by atoms with Crippen LogP contribution < -0.4 is 10.6 Å². The zero-order valence-electron chi connectivity index (χ0n) is 13.8. The molecule has 2 aromatic carbocycles. The molecule has 0 unspecified atom stereocenters. The van der Waals surface area contributed by atoms with Crippen molar-refractivity contribution in [3.8, 4) is 5.75 Å². The Hall–Kier alpha value is -3.35. The summed E-state index contributed by atoms with van der Waals surface area (Å²) in [6.07, 6.45) is 0.